The van der Waals surface area contributed by atoms with Crippen LogP contribution in [0, 0.1) is 38.0 Å². The number of nitriles is 1. The Labute approximate surface area is 111 Å². The van der Waals surface area contributed by atoms with E-state index in [4.69, 9.17) is 5.26 Å². The third-order valence-corrected chi connectivity index (χ3v) is 3.46. The van der Waals surface area contributed by atoms with Crippen molar-refractivity contribution in [2.75, 3.05) is 13.1 Å². The zero-order chi connectivity index (χ0) is 13.5. The maximum absolute atomic E-state index is 8.87. The van der Waals surface area contributed by atoms with Gasteiger partial charge in [0.05, 0.1) is 12.0 Å². The third kappa shape index (κ3) is 4.16. The molecule has 18 heavy (non-hydrogen) atoms. The lowest BCUT2D eigenvalue weighted by atomic mass is 9.97. The second kappa shape index (κ2) is 7.18. The highest BCUT2D eigenvalue weighted by Gasteiger charge is 2.05. The van der Waals surface area contributed by atoms with Crippen molar-refractivity contribution in [1.82, 2.24) is 5.32 Å². The Morgan fingerprint density at radius 2 is 1.83 bits per heavy atom. The lowest BCUT2D eigenvalue weighted by molar-refractivity contribution is 0.554. The van der Waals surface area contributed by atoms with Crippen molar-refractivity contribution in [3.05, 3.63) is 34.4 Å². The van der Waals surface area contributed by atoms with Gasteiger partial charge in [-0.2, -0.15) is 5.26 Å². The molecule has 0 spiro atoms. The Morgan fingerprint density at radius 3 is 2.33 bits per heavy atom. The minimum atomic E-state index is 0.144. The maximum atomic E-state index is 8.87. The summed E-state index contributed by atoms with van der Waals surface area (Å²) >= 11 is 0. The zero-order valence-electron chi connectivity index (χ0n) is 12.0. The zero-order valence-corrected chi connectivity index (χ0v) is 12.0. The van der Waals surface area contributed by atoms with Crippen LogP contribution in [0.15, 0.2) is 12.1 Å². The first-order valence-electron chi connectivity index (χ1n) is 6.75. The van der Waals surface area contributed by atoms with Crippen molar-refractivity contribution < 1.29 is 0 Å². The quantitative estimate of drug-likeness (QED) is 0.779. The van der Waals surface area contributed by atoms with Crippen LogP contribution in [0.2, 0.25) is 0 Å². The van der Waals surface area contributed by atoms with Crippen LogP contribution in [-0.2, 0) is 6.42 Å². The van der Waals surface area contributed by atoms with Crippen LogP contribution in [0.25, 0.3) is 0 Å². The normalized spacial score (nSPS) is 12.2. The molecule has 0 aromatic heterocycles. The van der Waals surface area contributed by atoms with Crippen LogP contribution in [-0.4, -0.2) is 13.1 Å². The molecule has 0 bridgehead atoms. The van der Waals surface area contributed by atoms with Gasteiger partial charge in [0.1, 0.15) is 0 Å². The number of benzene rings is 1. The molecule has 1 aromatic rings. The van der Waals surface area contributed by atoms with Gasteiger partial charge >= 0.3 is 0 Å². The van der Waals surface area contributed by atoms with Crippen molar-refractivity contribution in [2.45, 2.75) is 40.5 Å². The van der Waals surface area contributed by atoms with Crippen molar-refractivity contribution >= 4 is 0 Å². The lowest BCUT2D eigenvalue weighted by Gasteiger charge is -2.13. The third-order valence-electron chi connectivity index (χ3n) is 3.46. The van der Waals surface area contributed by atoms with Crippen LogP contribution in [0.1, 0.15) is 35.6 Å². The van der Waals surface area contributed by atoms with E-state index in [1.54, 1.807) is 0 Å². The molecule has 0 aliphatic carbocycles. The molecule has 0 amide bonds. The van der Waals surface area contributed by atoms with Gasteiger partial charge in [0, 0.05) is 6.54 Å². The van der Waals surface area contributed by atoms with E-state index in [1.165, 1.54) is 22.3 Å². The summed E-state index contributed by atoms with van der Waals surface area (Å²) in [7, 11) is 0. The van der Waals surface area contributed by atoms with E-state index < -0.39 is 0 Å². The molecular weight excluding hydrogens is 220 g/mol. The Balaban J connectivity index is 2.48. The minimum absolute atomic E-state index is 0.144. The number of nitrogens with zero attached hydrogens (tertiary/aromatic N) is 1. The first-order valence-corrected chi connectivity index (χ1v) is 6.75. The van der Waals surface area contributed by atoms with Crippen molar-refractivity contribution in [3.63, 3.8) is 0 Å². The molecule has 0 heterocycles. The van der Waals surface area contributed by atoms with Crippen LogP contribution >= 0.6 is 0 Å². The van der Waals surface area contributed by atoms with E-state index in [2.05, 4.69) is 51.2 Å². The molecule has 0 radical (unpaired) electrons. The summed E-state index contributed by atoms with van der Waals surface area (Å²) in [5, 5.41) is 12.3. The number of aryl methyl sites for hydroxylation is 3. The standard InChI is InChI=1S/C16H24N2/c1-5-15(10-17)11-18-7-6-16-13(3)8-12(2)9-14(16)4/h8-9,15,18H,5-7,11H2,1-4H3. The van der Waals surface area contributed by atoms with Gasteiger partial charge in [0.15, 0.2) is 0 Å². The topological polar surface area (TPSA) is 35.8 Å². The summed E-state index contributed by atoms with van der Waals surface area (Å²) in [6.07, 6.45) is 1.96. The number of hydrogen-bond donors (Lipinski definition) is 1. The molecule has 1 unspecified atom stereocenters. The summed E-state index contributed by atoms with van der Waals surface area (Å²) in [4.78, 5) is 0. The predicted octanol–water partition coefficient (Wildman–Crippen LogP) is 3.29. The molecule has 0 aliphatic heterocycles. The Kier molecular flexibility index (Phi) is 5.88. The second-order valence-electron chi connectivity index (χ2n) is 5.07. The first-order chi connectivity index (χ1) is 8.58. The SMILES string of the molecule is CCC(C#N)CNCCc1c(C)cc(C)cc1C. The van der Waals surface area contributed by atoms with E-state index >= 15 is 0 Å². The highest BCUT2D eigenvalue weighted by molar-refractivity contribution is 5.37. The van der Waals surface area contributed by atoms with Gasteiger partial charge in [0.25, 0.3) is 0 Å². The molecule has 1 aromatic carbocycles. The average molecular weight is 244 g/mol. The summed E-state index contributed by atoms with van der Waals surface area (Å²) in [5.41, 5.74) is 5.53. The largest absolute Gasteiger partial charge is 0.315 e. The highest BCUT2D eigenvalue weighted by atomic mass is 14.9. The van der Waals surface area contributed by atoms with Crippen LogP contribution in [0.4, 0.5) is 0 Å². The monoisotopic (exact) mass is 244 g/mol. The smallest absolute Gasteiger partial charge is 0.0669 e. The Hall–Kier alpha value is -1.33. The molecule has 0 aliphatic rings. The number of rotatable bonds is 6. The van der Waals surface area contributed by atoms with Crippen molar-refractivity contribution in [3.8, 4) is 6.07 Å². The molecule has 1 N–H and O–H groups in total. The van der Waals surface area contributed by atoms with Gasteiger partial charge in [-0.15, -0.1) is 0 Å². The fraction of sp³-hybridized carbons (Fsp3) is 0.562. The number of hydrogen-bond acceptors (Lipinski definition) is 2. The van der Waals surface area contributed by atoms with Crippen LogP contribution in [0.3, 0.4) is 0 Å². The molecule has 2 nitrogen and oxygen atoms in total. The van der Waals surface area contributed by atoms with Gasteiger partial charge in [-0.1, -0.05) is 24.6 Å². The summed E-state index contributed by atoms with van der Waals surface area (Å²) < 4.78 is 0. The van der Waals surface area contributed by atoms with E-state index in [0.717, 1.165) is 25.9 Å². The Bertz CT molecular complexity index is 406. The molecule has 1 rings (SSSR count). The molecule has 98 valence electrons. The first kappa shape index (κ1) is 14.7. The average Bonchev–Trinajstić information content (AvgIpc) is 2.32. The number of nitrogens with one attached hydrogen (secondary N) is 1. The molecular formula is C16H24N2. The molecule has 0 saturated carbocycles. The molecule has 1 atom stereocenters. The summed E-state index contributed by atoms with van der Waals surface area (Å²) in [6, 6.07) is 6.80. The molecule has 0 fully saturated rings. The van der Waals surface area contributed by atoms with E-state index in [9.17, 15) is 0 Å². The summed E-state index contributed by atoms with van der Waals surface area (Å²) in [5.74, 6) is 0.144. The van der Waals surface area contributed by atoms with Gasteiger partial charge in [-0.25, -0.2) is 0 Å². The molecule has 0 saturated heterocycles. The van der Waals surface area contributed by atoms with Crippen LogP contribution in [0.5, 0.6) is 0 Å². The Morgan fingerprint density at radius 1 is 1.22 bits per heavy atom. The highest BCUT2D eigenvalue weighted by Crippen LogP contribution is 2.16. The van der Waals surface area contributed by atoms with E-state index in [1.807, 2.05) is 0 Å². The minimum Gasteiger partial charge on any atom is -0.315 e. The van der Waals surface area contributed by atoms with Gasteiger partial charge in [-0.3, -0.25) is 0 Å². The lowest BCUT2D eigenvalue weighted by Crippen LogP contribution is -2.24. The summed E-state index contributed by atoms with van der Waals surface area (Å²) in [6.45, 7) is 10.3. The second-order valence-corrected chi connectivity index (χ2v) is 5.07. The van der Waals surface area contributed by atoms with E-state index in [0.29, 0.717) is 0 Å². The fourth-order valence-electron chi connectivity index (χ4n) is 2.38. The van der Waals surface area contributed by atoms with Crippen molar-refractivity contribution in [2.24, 2.45) is 5.92 Å². The van der Waals surface area contributed by atoms with Crippen molar-refractivity contribution in [1.29, 1.82) is 5.26 Å². The predicted molar refractivity (Wildman–Crippen MR) is 76.6 cm³/mol. The fourth-order valence-corrected chi connectivity index (χ4v) is 2.38. The van der Waals surface area contributed by atoms with Gasteiger partial charge < -0.3 is 5.32 Å². The van der Waals surface area contributed by atoms with E-state index in [-0.39, 0.29) is 5.92 Å². The van der Waals surface area contributed by atoms with Gasteiger partial charge in [0.2, 0.25) is 0 Å². The maximum Gasteiger partial charge on any atom is 0.0669 e. The van der Waals surface area contributed by atoms with Crippen LogP contribution < -0.4 is 5.32 Å². The van der Waals surface area contributed by atoms with Gasteiger partial charge in [-0.05, 0) is 56.8 Å². The molecule has 2 heteroatoms.